The van der Waals surface area contributed by atoms with Crippen LogP contribution in [0.15, 0.2) is 29.2 Å². The molecule has 2 fully saturated rings. The van der Waals surface area contributed by atoms with Crippen molar-refractivity contribution < 1.29 is 13.2 Å². The minimum absolute atomic E-state index is 0.0393. The zero-order valence-corrected chi connectivity index (χ0v) is 11.4. The number of nitrogens with one attached hydrogen (secondary N) is 1. The van der Waals surface area contributed by atoms with Crippen LogP contribution in [0, 0.1) is 0 Å². The summed E-state index contributed by atoms with van der Waals surface area (Å²) in [5.41, 5.74) is 6.35. The van der Waals surface area contributed by atoms with E-state index in [4.69, 9.17) is 10.5 Å². The Kier molecular flexibility index (Phi) is 3.34. The Bertz CT molecular complexity index is 573. The van der Waals surface area contributed by atoms with Gasteiger partial charge in [0, 0.05) is 6.54 Å². The first-order valence-corrected chi connectivity index (χ1v) is 8.03. The topological polar surface area (TPSA) is 81.4 Å². The highest BCUT2D eigenvalue weighted by Gasteiger charge is 2.42. The van der Waals surface area contributed by atoms with Crippen molar-refractivity contribution in [3.8, 4) is 0 Å². The standard InChI is InChI=1S/C13H18N2O3S/c14-8-9-2-1-3-11(6-9)19(16,17)15-12-7-10-4-5-13(12)18-10/h1-3,6,10,12-13,15H,4-5,7-8,14H2. The van der Waals surface area contributed by atoms with Crippen molar-refractivity contribution in [3.63, 3.8) is 0 Å². The molecule has 19 heavy (non-hydrogen) atoms. The number of hydrogen-bond acceptors (Lipinski definition) is 4. The lowest BCUT2D eigenvalue weighted by molar-refractivity contribution is 0.0996. The summed E-state index contributed by atoms with van der Waals surface area (Å²) in [6.45, 7) is 0.334. The largest absolute Gasteiger partial charge is 0.373 e. The summed E-state index contributed by atoms with van der Waals surface area (Å²) in [7, 11) is -3.48. The molecule has 3 rings (SSSR count). The highest BCUT2D eigenvalue weighted by Crippen LogP contribution is 2.35. The van der Waals surface area contributed by atoms with E-state index in [0.29, 0.717) is 6.54 Å². The molecule has 2 aliphatic heterocycles. The molecule has 2 aliphatic rings. The summed E-state index contributed by atoms with van der Waals surface area (Å²) in [6.07, 6.45) is 3.04. The van der Waals surface area contributed by atoms with Gasteiger partial charge in [0.15, 0.2) is 0 Å². The Morgan fingerprint density at radius 2 is 2.21 bits per heavy atom. The molecule has 0 spiro atoms. The number of benzene rings is 1. The van der Waals surface area contributed by atoms with Crippen LogP contribution in [0.25, 0.3) is 0 Å². The zero-order chi connectivity index (χ0) is 13.5. The fourth-order valence-corrected chi connectivity index (χ4v) is 4.22. The molecule has 0 aliphatic carbocycles. The van der Waals surface area contributed by atoms with Crippen molar-refractivity contribution in [3.05, 3.63) is 29.8 Å². The Labute approximate surface area is 113 Å². The molecule has 3 N–H and O–H groups in total. The van der Waals surface area contributed by atoms with E-state index in [2.05, 4.69) is 4.72 Å². The van der Waals surface area contributed by atoms with Gasteiger partial charge < -0.3 is 10.5 Å². The van der Waals surface area contributed by atoms with Gasteiger partial charge in [-0.25, -0.2) is 13.1 Å². The van der Waals surface area contributed by atoms with Gasteiger partial charge in [-0.2, -0.15) is 0 Å². The second-order valence-corrected chi connectivity index (χ2v) is 6.90. The van der Waals surface area contributed by atoms with Crippen LogP contribution in [0.3, 0.4) is 0 Å². The number of hydrogen-bond donors (Lipinski definition) is 2. The first kappa shape index (κ1) is 13.1. The monoisotopic (exact) mass is 282 g/mol. The van der Waals surface area contributed by atoms with Crippen LogP contribution in [0.2, 0.25) is 0 Å². The number of ether oxygens (including phenoxy) is 1. The maximum absolute atomic E-state index is 12.3. The van der Waals surface area contributed by atoms with Gasteiger partial charge >= 0.3 is 0 Å². The normalized spacial score (nSPS) is 29.8. The highest BCUT2D eigenvalue weighted by molar-refractivity contribution is 7.89. The third-order valence-electron chi connectivity index (χ3n) is 3.86. The van der Waals surface area contributed by atoms with Crippen LogP contribution in [0.5, 0.6) is 0 Å². The number of nitrogens with two attached hydrogens (primary N) is 1. The van der Waals surface area contributed by atoms with E-state index in [0.717, 1.165) is 24.8 Å². The molecule has 5 nitrogen and oxygen atoms in total. The molecule has 104 valence electrons. The van der Waals surface area contributed by atoms with Crippen LogP contribution in [-0.4, -0.2) is 26.7 Å². The Balaban J connectivity index is 1.78. The van der Waals surface area contributed by atoms with Gasteiger partial charge in [0.1, 0.15) is 0 Å². The molecule has 0 aromatic heterocycles. The van der Waals surface area contributed by atoms with Crippen LogP contribution < -0.4 is 10.5 Å². The van der Waals surface area contributed by atoms with E-state index in [-0.39, 0.29) is 23.1 Å². The first-order chi connectivity index (χ1) is 9.08. The van der Waals surface area contributed by atoms with Crippen molar-refractivity contribution in [2.75, 3.05) is 0 Å². The van der Waals surface area contributed by atoms with E-state index in [1.54, 1.807) is 18.2 Å². The Morgan fingerprint density at radius 1 is 1.37 bits per heavy atom. The minimum atomic E-state index is -3.48. The van der Waals surface area contributed by atoms with Gasteiger partial charge in [0.25, 0.3) is 0 Å². The van der Waals surface area contributed by atoms with E-state index >= 15 is 0 Å². The summed E-state index contributed by atoms with van der Waals surface area (Å²) in [5, 5.41) is 0. The molecule has 2 saturated heterocycles. The van der Waals surface area contributed by atoms with Crippen LogP contribution in [0.1, 0.15) is 24.8 Å². The van der Waals surface area contributed by atoms with Crippen molar-refractivity contribution in [2.24, 2.45) is 5.73 Å². The Hall–Kier alpha value is -0.950. The Morgan fingerprint density at radius 3 is 2.84 bits per heavy atom. The number of rotatable bonds is 4. The molecule has 1 aromatic carbocycles. The van der Waals surface area contributed by atoms with Gasteiger partial charge in [-0.1, -0.05) is 12.1 Å². The predicted octanol–water partition coefficient (Wildman–Crippen LogP) is 0.743. The average molecular weight is 282 g/mol. The third-order valence-corrected chi connectivity index (χ3v) is 5.34. The lowest BCUT2D eigenvalue weighted by atomic mass is 9.96. The predicted molar refractivity (Wildman–Crippen MR) is 71.0 cm³/mol. The summed E-state index contributed by atoms with van der Waals surface area (Å²) in [5.74, 6) is 0. The van der Waals surface area contributed by atoms with Gasteiger partial charge in [-0.15, -0.1) is 0 Å². The molecule has 2 bridgehead atoms. The molecule has 0 amide bonds. The highest BCUT2D eigenvalue weighted by atomic mass is 32.2. The second kappa shape index (κ2) is 4.86. The molecule has 6 heteroatoms. The minimum Gasteiger partial charge on any atom is -0.373 e. The van der Waals surface area contributed by atoms with Crippen molar-refractivity contribution in [1.29, 1.82) is 0 Å². The van der Waals surface area contributed by atoms with Gasteiger partial charge in [-0.3, -0.25) is 0 Å². The van der Waals surface area contributed by atoms with Crippen LogP contribution in [0.4, 0.5) is 0 Å². The third kappa shape index (κ3) is 2.53. The van der Waals surface area contributed by atoms with E-state index in [1.807, 2.05) is 6.07 Å². The maximum Gasteiger partial charge on any atom is 0.240 e. The average Bonchev–Trinajstić information content (AvgIpc) is 3.00. The summed E-state index contributed by atoms with van der Waals surface area (Å²) in [4.78, 5) is 0.276. The number of sulfonamides is 1. The molecule has 3 unspecified atom stereocenters. The fourth-order valence-electron chi connectivity index (χ4n) is 2.87. The van der Waals surface area contributed by atoms with Crippen molar-refractivity contribution >= 4 is 10.0 Å². The first-order valence-electron chi connectivity index (χ1n) is 6.55. The molecule has 2 heterocycles. The molecular weight excluding hydrogens is 264 g/mol. The molecular formula is C13H18N2O3S. The van der Waals surface area contributed by atoms with Gasteiger partial charge in [-0.05, 0) is 37.0 Å². The zero-order valence-electron chi connectivity index (χ0n) is 10.6. The van der Waals surface area contributed by atoms with E-state index < -0.39 is 10.0 Å². The smallest absolute Gasteiger partial charge is 0.240 e. The van der Waals surface area contributed by atoms with Crippen molar-refractivity contribution in [1.82, 2.24) is 4.72 Å². The van der Waals surface area contributed by atoms with E-state index in [9.17, 15) is 8.42 Å². The number of fused-ring (bicyclic) bond motifs is 2. The molecule has 0 saturated carbocycles. The van der Waals surface area contributed by atoms with Crippen molar-refractivity contribution in [2.45, 2.75) is 49.0 Å². The fraction of sp³-hybridized carbons (Fsp3) is 0.538. The lowest BCUT2D eigenvalue weighted by Gasteiger charge is -2.20. The molecule has 3 atom stereocenters. The van der Waals surface area contributed by atoms with Crippen LogP contribution >= 0.6 is 0 Å². The molecule has 0 radical (unpaired) electrons. The van der Waals surface area contributed by atoms with Gasteiger partial charge in [0.05, 0.1) is 23.1 Å². The summed E-state index contributed by atoms with van der Waals surface area (Å²) in [6, 6.07) is 6.66. The summed E-state index contributed by atoms with van der Waals surface area (Å²) >= 11 is 0. The quantitative estimate of drug-likeness (QED) is 0.853. The lowest BCUT2D eigenvalue weighted by Crippen LogP contribution is -2.41. The second-order valence-electron chi connectivity index (χ2n) is 5.19. The molecule has 1 aromatic rings. The van der Waals surface area contributed by atoms with Crippen LogP contribution in [-0.2, 0) is 21.3 Å². The van der Waals surface area contributed by atoms with E-state index in [1.165, 1.54) is 0 Å². The van der Waals surface area contributed by atoms with Gasteiger partial charge in [0.2, 0.25) is 10.0 Å². The maximum atomic E-state index is 12.3. The SMILES string of the molecule is NCc1cccc(S(=O)(=O)NC2CC3CCC2O3)c1. The summed E-state index contributed by atoms with van der Waals surface area (Å²) < 4.78 is 33.1.